The largest absolute Gasteiger partial charge is 0.462 e. The van der Waals surface area contributed by atoms with E-state index in [0.29, 0.717) is 19.3 Å². The minimum atomic E-state index is -0.763. The Bertz CT molecular complexity index is 951. The van der Waals surface area contributed by atoms with Crippen LogP contribution in [-0.4, -0.2) is 37.2 Å². The summed E-state index contributed by atoms with van der Waals surface area (Å²) in [6, 6.07) is 0. The Balaban J connectivity index is 4.32. The maximum Gasteiger partial charge on any atom is 0.306 e. The summed E-state index contributed by atoms with van der Waals surface area (Å²) >= 11 is 0. The van der Waals surface area contributed by atoms with E-state index >= 15 is 0 Å². The molecule has 0 aliphatic heterocycles. The molecule has 0 fully saturated rings. The molecule has 0 radical (unpaired) electrons. The quantitative estimate of drug-likeness (QED) is 0.0344. The second-order valence-electron chi connectivity index (χ2n) is 19.7. The normalized spacial score (nSPS) is 12.9. The molecule has 0 aliphatic carbocycles. The van der Waals surface area contributed by atoms with Crippen molar-refractivity contribution in [2.24, 2.45) is 11.8 Å². The van der Waals surface area contributed by atoms with Gasteiger partial charge >= 0.3 is 17.9 Å². The summed E-state index contributed by atoms with van der Waals surface area (Å²) in [6.45, 7) is 11.4. The fourth-order valence-corrected chi connectivity index (χ4v) is 8.46. The van der Waals surface area contributed by atoms with Crippen LogP contribution in [0, 0.1) is 11.8 Å². The summed E-state index contributed by atoms with van der Waals surface area (Å²) in [5.74, 6) is 0.893. The molecule has 0 saturated carbocycles. The van der Waals surface area contributed by atoms with Gasteiger partial charge in [0.05, 0.1) is 0 Å². The third kappa shape index (κ3) is 46.4. The van der Waals surface area contributed by atoms with Gasteiger partial charge in [0.15, 0.2) is 6.10 Å². The van der Waals surface area contributed by atoms with Gasteiger partial charge < -0.3 is 14.2 Å². The van der Waals surface area contributed by atoms with Crippen LogP contribution < -0.4 is 0 Å². The van der Waals surface area contributed by atoms with E-state index in [2.05, 4.69) is 34.6 Å². The predicted octanol–water partition coefficient (Wildman–Crippen LogP) is 18.1. The minimum Gasteiger partial charge on any atom is -0.462 e. The van der Waals surface area contributed by atoms with E-state index in [0.717, 1.165) is 69.6 Å². The number of esters is 3. The molecule has 0 bridgehead atoms. The van der Waals surface area contributed by atoms with E-state index in [1.54, 1.807) is 0 Å². The molecular weight excluding hydrogens is 769 g/mol. The molecule has 0 aliphatic rings. The molecule has 368 valence electrons. The molecule has 6 nitrogen and oxygen atoms in total. The molecule has 0 aromatic heterocycles. The van der Waals surface area contributed by atoms with Gasteiger partial charge in [-0.05, 0) is 31.1 Å². The van der Waals surface area contributed by atoms with Crippen molar-refractivity contribution in [3.05, 3.63) is 0 Å². The number of ether oxygens (including phenoxy) is 3. The van der Waals surface area contributed by atoms with Crippen molar-refractivity contribution < 1.29 is 28.6 Å². The van der Waals surface area contributed by atoms with Gasteiger partial charge in [0, 0.05) is 19.3 Å². The first-order valence-electron chi connectivity index (χ1n) is 27.8. The lowest BCUT2D eigenvalue weighted by molar-refractivity contribution is -0.167. The molecule has 0 spiro atoms. The van der Waals surface area contributed by atoms with Crippen molar-refractivity contribution >= 4 is 17.9 Å². The lowest BCUT2D eigenvalue weighted by atomic mass is 9.99. The Labute approximate surface area is 387 Å². The number of carbonyl (C=O) groups excluding carboxylic acids is 3. The third-order valence-electron chi connectivity index (χ3n) is 13.4. The summed E-state index contributed by atoms with van der Waals surface area (Å²) in [6.07, 6.45) is 50.7. The van der Waals surface area contributed by atoms with E-state index < -0.39 is 6.10 Å². The number of rotatable bonds is 50. The molecule has 0 heterocycles. The smallest absolute Gasteiger partial charge is 0.306 e. The molecule has 0 saturated heterocycles. The first kappa shape index (κ1) is 60.4. The zero-order valence-corrected chi connectivity index (χ0v) is 42.5. The zero-order valence-electron chi connectivity index (χ0n) is 42.5. The van der Waals surface area contributed by atoms with Crippen molar-refractivity contribution in [1.29, 1.82) is 0 Å². The second kappa shape index (κ2) is 48.9. The highest BCUT2D eigenvalue weighted by Gasteiger charge is 2.19. The third-order valence-corrected chi connectivity index (χ3v) is 13.4. The van der Waals surface area contributed by atoms with Crippen LogP contribution in [0.1, 0.15) is 311 Å². The standard InChI is InChI=1S/C56H108O6/c1-6-9-10-11-12-13-14-15-16-17-18-19-26-31-36-41-46-54(57)60-49-53(62-56(59)48-43-38-33-28-23-21-25-30-35-40-45-52(5)8-3)50-61-55(58)47-42-37-32-27-22-20-24-29-34-39-44-51(4)7-2/h51-53H,6-50H2,1-5H3/t51?,52?,53-/m1/s1. The molecule has 0 aromatic carbocycles. The van der Waals surface area contributed by atoms with Gasteiger partial charge in [0.1, 0.15) is 13.2 Å². The molecule has 2 unspecified atom stereocenters. The molecule has 62 heavy (non-hydrogen) atoms. The number of hydrogen-bond donors (Lipinski definition) is 0. The van der Waals surface area contributed by atoms with E-state index in [1.807, 2.05) is 0 Å². The fraction of sp³-hybridized carbons (Fsp3) is 0.946. The van der Waals surface area contributed by atoms with Gasteiger partial charge in [-0.15, -0.1) is 0 Å². The fourth-order valence-electron chi connectivity index (χ4n) is 8.46. The molecule has 0 amide bonds. The van der Waals surface area contributed by atoms with Gasteiger partial charge in [-0.25, -0.2) is 0 Å². The van der Waals surface area contributed by atoms with Crippen LogP contribution in [0.3, 0.4) is 0 Å². The van der Waals surface area contributed by atoms with Crippen molar-refractivity contribution in [3.8, 4) is 0 Å². The van der Waals surface area contributed by atoms with Gasteiger partial charge in [-0.1, -0.05) is 272 Å². The van der Waals surface area contributed by atoms with Crippen LogP contribution >= 0.6 is 0 Å². The van der Waals surface area contributed by atoms with Crippen molar-refractivity contribution in [3.63, 3.8) is 0 Å². The molecule has 6 heteroatoms. The minimum absolute atomic E-state index is 0.0633. The van der Waals surface area contributed by atoms with E-state index in [-0.39, 0.29) is 31.1 Å². The van der Waals surface area contributed by atoms with Crippen LogP contribution in [0.2, 0.25) is 0 Å². The van der Waals surface area contributed by atoms with Crippen LogP contribution in [-0.2, 0) is 28.6 Å². The van der Waals surface area contributed by atoms with E-state index in [1.165, 1.54) is 199 Å². The zero-order chi connectivity index (χ0) is 45.4. The second-order valence-corrected chi connectivity index (χ2v) is 19.7. The Hall–Kier alpha value is -1.59. The highest BCUT2D eigenvalue weighted by molar-refractivity contribution is 5.71. The Morgan fingerprint density at radius 3 is 0.839 bits per heavy atom. The summed E-state index contributed by atoms with van der Waals surface area (Å²) in [5, 5.41) is 0. The highest BCUT2D eigenvalue weighted by atomic mass is 16.6. The number of hydrogen-bond acceptors (Lipinski definition) is 6. The average Bonchev–Trinajstić information content (AvgIpc) is 3.27. The molecule has 3 atom stereocenters. The summed E-state index contributed by atoms with van der Waals surface area (Å²) in [5.41, 5.74) is 0. The molecule has 0 N–H and O–H groups in total. The van der Waals surface area contributed by atoms with Crippen LogP contribution in [0.15, 0.2) is 0 Å². The van der Waals surface area contributed by atoms with Crippen LogP contribution in [0.25, 0.3) is 0 Å². The summed E-state index contributed by atoms with van der Waals surface area (Å²) in [7, 11) is 0. The first-order chi connectivity index (χ1) is 30.3. The maximum absolute atomic E-state index is 12.8. The Morgan fingerprint density at radius 2 is 0.565 bits per heavy atom. The highest BCUT2D eigenvalue weighted by Crippen LogP contribution is 2.19. The predicted molar refractivity (Wildman–Crippen MR) is 266 cm³/mol. The Morgan fingerprint density at radius 1 is 0.323 bits per heavy atom. The van der Waals surface area contributed by atoms with Crippen molar-refractivity contribution in [2.45, 2.75) is 317 Å². The SMILES string of the molecule is CCCCCCCCCCCCCCCCCCC(=O)OC[C@H](COC(=O)CCCCCCCCCCCCC(C)CC)OC(=O)CCCCCCCCCCCCC(C)CC. The van der Waals surface area contributed by atoms with E-state index in [4.69, 9.17) is 14.2 Å². The van der Waals surface area contributed by atoms with Gasteiger partial charge in [0.25, 0.3) is 0 Å². The number of carbonyl (C=O) groups is 3. The summed E-state index contributed by atoms with van der Waals surface area (Å²) < 4.78 is 16.9. The first-order valence-corrected chi connectivity index (χ1v) is 27.8. The van der Waals surface area contributed by atoms with Gasteiger partial charge in [0.2, 0.25) is 0 Å². The summed E-state index contributed by atoms with van der Waals surface area (Å²) in [4.78, 5) is 38.1. The van der Waals surface area contributed by atoms with Crippen LogP contribution in [0.4, 0.5) is 0 Å². The Kier molecular flexibility index (Phi) is 47.6. The monoisotopic (exact) mass is 877 g/mol. The van der Waals surface area contributed by atoms with Crippen molar-refractivity contribution in [2.75, 3.05) is 13.2 Å². The van der Waals surface area contributed by atoms with Gasteiger partial charge in [-0.2, -0.15) is 0 Å². The average molecular weight is 877 g/mol. The van der Waals surface area contributed by atoms with E-state index in [9.17, 15) is 14.4 Å². The molecule has 0 aromatic rings. The van der Waals surface area contributed by atoms with Crippen LogP contribution in [0.5, 0.6) is 0 Å². The lowest BCUT2D eigenvalue weighted by Gasteiger charge is -2.18. The molecule has 0 rings (SSSR count). The lowest BCUT2D eigenvalue weighted by Crippen LogP contribution is -2.30. The topological polar surface area (TPSA) is 78.9 Å². The number of unbranched alkanes of at least 4 members (excludes halogenated alkanes) is 33. The molecular formula is C56H108O6. The van der Waals surface area contributed by atoms with Crippen molar-refractivity contribution in [1.82, 2.24) is 0 Å². The maximum atomic E-state index is 12.8. The van der Waals surface area contributed by atoms with Gasteiger partial charge in [-0.3, -0.25) is 14.4 Å².